The summed E-state index contributed by atoms with van der Waals surface area (Å²) in [7, 11) is 0. The lowest BCUT2D eigenvalue weighted by atomic mass is 10.2. The van der Waals surface area contributed by atoms with E-state index in [1.165, 1.54) is 6.26 Å². The summed E-state index contributed by atoms with van der Waals surface area (Å²) in [6.07, 6.45) is 3.29. The number of carboxylic acids is 1. The van der Waals surface area contributed by atoms with Gasteiger partial charge in [-0.05, 0) is 29.7 Å². The highest BCUT2D eigenvalue weighted by atomic mass is 35.5. The Morgan fingerprint density at radius 1 is 1.32 bits per heavy atom. The molecule has 2 aromatic heterocycles. The lowest BCUT2D eigenvalue weighted by Crippen LogP contribution is -2.03. The molecule has 0 aliphatic carbocycles. The molecule has 0 bridgehead atoms. The van der Waals surface area contributed by atoms with Crippen molar-refractivity contribution >= 4 is 28.5 Å². The minimum Gasteiger partial charge on any atom is -0.475 e. The molecule has 4 nitrogen and oxygen atoms in total. The van der Waals surface area contributed by atoms with Gasteiger partial charge in [0.1, 0.15) is 0 Å². The van der Waals surface area contributed by atoms with Gasteiger partial charge in [-0.3, -0.25) is 0 Å². The van der Waals surface area contributed by atoms with Crippen molar-refractivity contribution < 1.29 is 14.3 Å². The van der Waals surface area contributed by atoms with Crippen molar-refractivity contribution in [3.8, 4) is 0 Å². The Labute approximate surface area is 113 Å². The van der Waals surface area contributed by atoms with Crippen LogP contribution in [0.2, 0.25) is 5.02 Å². The SMILES string of the molecule is O=C(O)c1occc1Cn1ccc2ccc(Cl)cc21. The number of aromatic nitrogens is 1. The van der Waals surface area contributed by atoms with Gasteiger partial charge in [0, 0.05) is 22.3 Å². The van der Waals surface area contributed by atoms with E-state index in [0.717, 1.165) is 10.9 Å². The van der Waals surface area contributed by atoms with E-state index in [0.29, 0.717) is 17.1 Å². The van der Waals surface area contributed by atoms with Gasteiger partial charge in [0.25, 0.3) is 0 Å². The predicted molar refractivity (Wildman–Crippen MR) is 71.7 cm³/mol. The number of carboxylic acid groups (broad SMARTS) is 1. The van der Waals surface area contributed by atoms with E-state index in [9.17, 15) is 4.79 Å². The molecule has 0 amide bonds. The number of hydrogen-bond donors (Lipinski definition) is 1. The first-order valence-electron chi connectivity index (χ1n) is 5.69. The molecule has 0 spiro atoms. The fourth-order valence-electron chi connectivity index (χ4n) is 2.13. The van der Waals surface area contributed by atoms with E-state index in [2.05, 4.69) is 0 Å². The maximum Gasteiger partial charge on any atom is 0.372 e. The number of furan rings is 1. The molecule has 0 radical (unpaired) electrons. The summed E-state index contributed by atoms with van der Waals surface area (Å²) in [5, 5.41) is 10.7. The average molecular weight is 276 g/mol. The van der Waals surface area contributed by atoms with Crippen LogP contribution in [-0.4, -0.2) is 15.6 Å². The molecule has 0 atom stereocenters. The van der Waals surface area contributed by atoms with Crippen LogP contribution in [0, 0.1) is 0 Å². The molecule has 0 saturated heterocycles. The number of halogens is 1. The van der Waals surface area contributed by atoms with Crippen molar-refractivity contribution in [3.05, 3.63) is 59.1 Å². The van der Waals surface area contributed by atoms with Crippen molar-refractivity contribution in [2.24, 2.45) is 0 Å². The molecule has 5 heteroatoms. The summed E-state index contributed by atoms with van der Waals surface area (Å²) < 4.78 is 6.91. The van der Waals surface area contributed by atoms with Crippen molar-refractivity contribution in [1.82, 2.24) is 4.57 Å². The first-order valence-corrected chi connectivity index (χ1v) is 6.07. The molecule has 1 aromatic carbocycles. The standard InChI is InChI=1S/C14H10ClNO3/c15-11-2-1-9-3-5-16(12(9)7-11)8-10-4-6-19-13(10)14(17)18/h1-7H,8H2,(H,17,18). The zero-order chi connectivity index (χ0) is 13.4. The van der Waals surface area contributed by atoms with E-state index in [1.54, 1.807) is 6.07 Å². The van der Waals surface area contributed by atoms with Crippen molar-refractivity contribution in [3.63, 3.8) is 0 Å². The number of carbonyl (C=O) groups is 1. The molecule has 3 rings (SSSR count). The first kappa shape index (κ1) is 11.9. The van der Waals surface area contributed by atoms with Crippen LogP contribution in [0.1, 0.15) is 16.1 Å². The second-order valence-electron chi connectivity index (χ2n) is 4.23. The second-order valence-corrected chi connectivity index (χ2v) is 4.66. The molecule has 96 valence electrons. The van der Waals surface area contributed by atoms with E-state index >= 15 is 0 Å². The van der Waals surface area contributed by atoms with Crippen LogP contribution in [0.3, 0.4) is 0 Å². The third-order valence-corrected chi connectivity index (χ3v) is 3.25. The molecule has 0 saturated carbocycles. The molecular weight excluding hydrogens is 266 g/mol. The van der Waals surface area contributed by atoms with Gasteiger partial charge in [0.05, 0.1) is 12.8 Å². The summed E-state index contributed by atoms with van der Waals surface area (Å²) in [5.41, 5.74) is 1.59. The smallest absolute Gasteiger partial charge is 0.372 e. The van der Waals surface area contributed by atoms with E-state index in [1.807, 2.05) is 35.0 Å². The first-order chi connectivity index (χ1) is 9.15. The summed E-state index contributed by atoms with van der Waals surface area (Å²) in [4.78, 5) is 11.0. The zero-order valence-corrected chi connectivity index (χ0v) is 10.6. The Morgan fingerprint density at radius 2 is 2.16 bits per heavy atom. The van der Waals surface area contributed by atoms with Gasteiger partial charge in [-0.1, -0.05) is 17.7 Å². The molecule has 0 fully saturated rings. The maximum atomic E-state index is 11.0. The summed E-state index contributed by atoms with van der Waals surface area (Å²) in [6.45, 7) is 0.433. The van der Waals surface area contributed by atoms with Crippen molar-refractivity contribution in [2.75, 3.05) is 0 Å². The molecular formula is C14H10ClNO3. The van der Waals surface area contributed by atoms with Crippen LogP contribution in [-0.2, 0) is 6.54 Å². The molecule has 0 aliphatic heterocycles. The molecule has 19 heavy (non-hydrogen) atoms. The van der Waals surface area contributed by atoms with Crippen molar-refractivity contribution in [2.45, 2.75) is 6.54 Å². The van der Waals surface area contributed by atoms with E-state index < -0.39 is 5.97 Å². The van der Waals surface area contributed by atoms with E-state index in [-0.39, 0.29) is 5.76 Å². The van der Waals surface area contributed by atoms with Crippen LogP contribution >= 0.6 is 11.6 Å². The van der Waals surface area contributed by atoms with Crippen LogP contribution in [0.4, 0.5) is 0 Å². The Hall–Kier alpha value is -2.20. The van der Waals surface area contributed by atoms with Crippen LogP contribution in [0.15, 0.2) is 47.2 Å². The van der Waals surface area contributed by atoms with Gasteiger partial charge in [0.15, 0.2) is 0 Å². The second kappa shape index (κ2) is 4.48. The van der Waals surface area contributed by atoms with Gasteiger partial charge in [0.2, 0.25) is 5.76 Å². The molecule has 3 aromatic rings. The summed E-state index contributed by atoms with van der Waals surface area (Å²) in [6, 6.07) is 9.25. The molecule has 0 aliphatic rings. The lowest BCUT2D eigenvalue weighted by molar-refractivity contribution is 0.0660. The number of rotatable bonds is 3. The van der Waals surface area contributed by atoms with Gasteiger partial charge in [-0.15, -0.1) is 0 Å². The monoisotopic (exact) mass is 275 g/mol. The molecule has 2 heterocycles. The Morgan fingerprint density at radius 3 is 2.95 bits per heavy atom. The molecule has 1 N–H and O–H groups in total. The topological polar surface area (TPSA) is 55.4 Å². The predicted octanol–water partition coefficient (Wildman–Crippen LogP) is 3.63. The zero-order valence-electron chi connectivity index (χ0n) is 9.84. The highest BCUT2D eigenvalue weighted by Crippen LogP contribution is 2.22. The fraction of sp³-hybridized carbons (Fsp3) is 0.0714. The minimum absolute atomic E-state index is 0.0242. The Bertz CT molecular complexity index is 757. The van der Waals surface area contributed by atoms with Crippen LogP contribution in [0.5, 0.6) is 0 Å². The highest BCUT2D eigenvalue weighted by Gasteiger charge is 2.14. The number of fused-ring (bicyclic) bond motifs is 1. The Balaban J connectivity index is 2.03. The number of hydrogen-bond acceptors (Lipinski definition) is 2. The lowest BCUT2D eigenvalue weighted by Gasteiger charge is -2.04. The Kier molecular flexibility index (Phi) is 2.80. The van der Waals surface area contributed by atoms with Gasteiger partial charge >= 0.3 is 5.97 Å². The third-order valence-electron chi connectivity index (χ3n) is 3.02. The van der Waals surface area contributed by atoms with E-state index in [4.69, 9.17) is 21.1 Å². The van der Waals surface area contributed by atoms with Gasteiger partial charge < -0.3 is 14.1 Å². The number of aromatic carboxylic acids is 1. The van der Waals surface area contributed by atoms with Gasteiger partial charge in [-0.25, -0.2) is 4.79 Å². The number of nitrogens with zero attached hydrogens (tertiary/aromatic N) is 1. The number of benzene rings is 1. The average Bonchev–Trinajstić information content (AvgIpc) is 2.97. The minimum atomic E-state index is -1.06. The third kappa shape index (κ3) is 2.11. The van der Waals surface area contributed by atoms with Crippen LogP contribution < -0.4 is 0 Å². The quantitative estimate of drug-likeness (QED) is 0.794. The normalized spacial score (nSPS) is 11.0. The van der Waals surface area contributed by atoms with Gasteiger partial charge in [-0.2, -0.15) is 0 Å². The summed E-state index contributed by atoms with van der Waals surface area (Å²) in [5.74, 6) is -1.08. The van der Waals surface area contributed by atoms with Crippen molar-refractivity contribution in [1.29, 1.82) is 0 Å². The van der Waals surface area contributed by atoms with Crippen LogP contribution in [0.25, 0.3) is 10.9 Å². The maximum absolute atomic E-state index is 11.0. The fourth-order valence-corrected chi connectivity index (χ4v) is 2.29. The molecule has 0 unspecified atom stereocenters. The largest absolute Gasteiger partial charge is 0.475 e. The summed E-state index contributed by atoms with van der Waals surface area (Å²) >= 11 is 5.99. The highest BCUT2D eigenvalue weighted by molar-refractivity contribution is 6.31.